The van der Waals surface area contributed by atoms with Crippen molar-refractivity contribution in [1.29, 1.82) is 0 Å². The Morgan fingerprint density at radius 1 is 0.929 bits per heavy atom. The van der Waals surface area contributed by atoms with Gasteiger partial charge in [0.2, 0.25) is 0 Å². The Labute approximate surface area is 177 Å². The molecule has 0 amide bonds. The average molecular weight is 412 g/mol. The molecule has 0 radical (unpaired) electrons. The second kappa shape index (κ2) is 15.4. The van der Waals surface area contributed by atoms with Crippen LogP contribution in [0, 0.1) is 6.08 Å². The summed E-state index contributed by atoms with van der Waals surface area (Å²) in [4.78, 5) is 21.2. The smallest absolute Gasteiger partial charge is 0.0771 e. The number of carboxylic acid groups (broad SMARTS) is 2. The molecule has 3 aromatic carbocycles. The number of allylic oxidation sites excluding steroid dienone is 4. The molecule has 0 atom stereocenters. The number of benzene rings is 2. The minimum Gasteiger partial charge on any atom is -0.126 e. The van der Waals surface area contributed by atoms with Crippen molar-refractivity contribution in [2.45, 2.75) is 20.3 Å². The molecular formula is C23H24O4Ti. The fourth-order valence-electron chi connectivity index (χ4n) is 2.24. The summed E-state index contributed by atoms with van der Waals surface area (Å²) in [5.74, 6) is -1.67. The van der Waals surface area contributed by atoms with Crippen LogP contribution in [0.1, 0.15) is 20.3 Å². The Kier molecular flexibility index (Phi) is 13.9. The molecule has 3 aromatic rings. The summed E-state index contributed by atoms with van der Waals surface area (Å²) in [6, 6.07) is 19.3. The molecule has 1 aliphatic rings. The predicted octanol–water partition coefficient (Wildman–Crippen LogP) is 5.16. The average Bonchev–Trinajstić information content (AvgIpc) is 3.34. The molecule has 144 valence electrons. The van der Waals surface area contributed by atoms with Gasteiger partial charge in [0.15, 0.2) is 0 Å². The monoisotopic (exact) mass is 412 g/mol. The van der Waals surface area contributed by atoms with Crippen molar-refractivity contribution < 1.29 is 39.8 Å². The molecule has 0 aliphatic heterocycles. The van der Waals surface area contributed by atoms with E-state index in [2.05, 4.69) is 71.6 Å². The maximum absolute atomic E-state index is 9.00. The number of hydrogen-bond acceptors (Lipinski definition) is 2. The van der Waals surface area contributed by atoms with Gasteiger partial charge >= 0.3 is 24.8 Å². The summed E-state index contributed by atoms with van der Waals surface area (Å²) in [6.45, 7) is 2.17. The minimum atomic E-state index is -0.833. The molecular weight excluding hydrogens is 388 g/mol. The van der Waals surface area contributed by atoms with Gasteiger partial charge < -0.3 is 10.2 Å². The molecule has 5 heteroatoms. The summed E-state index contributed by atoms with van der Waals surface area (Å²) >= 11 is 1.75. The minimum absolute atomic E-state index is 0.833. The van der Waals surface area contributed by atoms with Crippen LogP contribution < -0.4 is 0 Å². The number of fused-ring (bicyclic) bond motifs is 3. The predicted molar refractivity (Wildman–Crippen MR) is 112 cm³/mol. The second-order valence-corrected chi connectivity index (χ2v) is 5.36. The van der Waals surface area contributed by atoms with Gasteiger partial charge in [-0.2, -0.15) is 6.08 Å². The van der Waals surface area contributed by atoms with Crippen LogP contribution in [0.15, 0.2) is 72.8 Å². The molecule has 0 saturated heterocycles. The van der Waals surface area contributed by atoms with Crippen molar-refractivity contribution in [3.63, 3.8) is 0 Å². The van der Waals surface area contributed by atoms with Crippen LogP contribution in [0.5, 0.6) is 0 Å². The summed E-state index contributed by atoms with van der Waals surface area (Å²) < 4.78 is 0. The zero-order valence-corrected chi connectivity index (χ0v) is 17.6. The normalized spacial score (nSPS) is 10.3. The molecule has 0 bridgehead atoms. The number of carboxylic acids is 2. The molecule has 2 N–H and O–H groups in total. The van der Waals surface area contributed by atoms with Crippen molar-refractivity contribution in [3.05, 3.63) is 78.9 Å². The van der Waals surface area contributed by atoms with Gasteiger partial charge in [-0.05, 0) is 0 Å². The van der Waals surface area contributed by atoms with Gasteiger partial charge in [0, 0.05) is 13.8 Å². The van der Waals surface area contributed by atoms with E-state index in [1.165, 1.54) is 21.5 Å². The molecule has 1 aliphatic carbocycles. The largest absolute Gasteiger partial charge is 0.126 e. The van der Waals surface area contributed by atoms with Gasteiger partial charge in [-0.25, -0.2) is 12.2 Å². The summed E-state index contributed by atoms with van der Waals surface area (Å²) in [7, 11) is 0. The second-order valence-electron chi connectivity index (χ2n) is 5.36. The van der Waals surface area contributed by atoms with Gasteiger partial charge in [-0.1, -0.05) is 36.4 Å². The molecule has 4 nitrogen and oxygen atoms in total. The van der Waals surface area contributed by atoms with Crippen LogP contribution >= 0.6 is 0 Å². The van der Waals surface area contributed by atoms with E-state index in [0.717, 1.165) is 20.3 Å². The van der Waals surface area contributed by atoms with Crippen molar-refractivity contribution in [2.75, 3.05) is 0 Å². The maximum atomic E-state index is 9.00. The first-order valence-electron chi connectivity index (χ1n) is 8.41. The van der Waals surface area contributed by atoms with E-state index in [4.69, 9.17) is 19.8 Å². The molecule has 0 saturated carbocycles. The third-order valence-electron chi connectivity index (χ3n) is 3.11. The first-order chi connectivity index (χ1) is 13.4. The van der Waals surface area contributed by atoms with Gasteiger partial charge in [0.1, 0.15) is 0 Å². The Morgan fingerprint density at radius 3 is 1.61 bits per heavy atom. The molecule has 0 spiro atoms. The third kappa shape index (κ3) is 11.1. The van der Waals surface area contributed by atoms with Crippen LogP contribution in [-0.2, 0) is 29.6 Å². The van der Waals surface area contributed by atoms with Crippen molar-refractivity contribution in [3.8, 4) is 0 Å². The van der Waals surface area contributed by atoms with E-state index in [0.29, 0.717) is 0 Å². The van der Waals surface area contributed by atoms with Crippen LogP contribution in [-0.4, -0.2) is 27.0 Å². The summed E-state index contributed by atoms with van der Waals surface area (Å²) in [6.07, 6.45) is 10.0. The van der Waals surface area contributed by atoms with Crippen molar-refractivity contribution in [2.24, 2.45) is 0 Å². The Hall–Kier alpha value is -2.69. The summed E-state index contributed by atoms with van der Waals surface area (Å²) in [5, 5.41) is 20.2. The Balaban J connectivity index is 0.000000407. The van der Waals surface area contributed by atoms with Gasteiger partial charge in [0.05, 0.1) is 0 Å². The van der Waals surface area contributed by atoms with E-state index in [-0.39, 0.29) is 0 Å². The van der Waals surface area contributed by atoms with Crippen LogP contribution in [0.3, 0.4) is 0 Å². The Morgan fingerprint density at radius 2 is 1.32 bits per heavy atom. The zero-order valence-electron chi connectivity index (χ0n) is 16.1. The molecule has 0 aromatic heterocycles. The molecule has 0 unspecified atom stereocenters. The van der Waals surface area contributed by atoms with Gasteiger partial charge in [0.25, 0.3) is 11.9 Å². The maximum Gasteiger partial charge on any atom is -0.0771 e. The van der Waals surface area contributed by atoms with E-state index < -0.39 is 11.9 Å². The van der Waals surface area contributed by atoms with E-state index in [1.54, 1.807) is 20.0 Å². The number of rotatable bonds is 0. The van der Waals surface area contributed by atoms with E-state index >= 15 is 0 Å². The molecule has 0 heterocycles. The number of aliphatic carboxylic acids is 2. The van der Waals surface area contributed by atoms with Crippen LogP contribution in [0.2, 0.25) is 0 Å². The fourth-order valence-corrected chi connectivity index (χ4v) is 2.24. The van der Waals surface area contributed by atoms with Gasteiger partial charge in [-0.15, -0.1) is 46.2 Å². The van der Waals surface area contributed by atoms with Crippen molar-refractivity contribution in [1.82, 2.24) is 0 Å². The SMILES string of the molecule is CC(=O)O.CC(=O)O.[C-]1=CC=CC1.[CH2]=[Ti+2].c1ccc2c(c1)[cH-]c1ccccc12. The summed E-state index contributed by atoms with van der Waals surface area (Å²) in [5.41, 5.74) is 0. The first-order valence-corrected chi connectivity index (χ1v) is 9.51. The third-order valence-corrected chi connectivity index (χ3v) is 3.11. The van der Waals surface area contributed by atoms with Crippen LogP contribution in [0.25, 0.3) is 21.5 Å². The zero-order chi connectivity index (χ0) is 21.4. The van der Waals surface area contributed by atoms with E-state index in [1.807, 2.05) is 12.2 Å². The molecule has 28 heavy (non-hydrogen) atoms. The number of carbonyl (C=O) groups is 2. The number of hydrogen-bond donors (Lipinski definition) is 2. The Bertz CT molecular complexity index is 842. The molecule has 4 rings (SSSR count). The van der Waals surface area contributed by atoms with Gasteiger partial charge in [-0.3, -0.25) is 15.7 Å². The van der Waals surface area contributed by atoms with Crippen molar-refractivity contribution >= 4 is 38.3 Å². The standard InChI is InChI=1S/C13H9.C5H5.2C2H4O2.CH2.Ti/c1-3-7-12-10(5-1)9-11-6-2-4-8-13(11)12;1-2-4-5-3-1;2*1-2(3)4;;/h1-9H;1-3H,4H2;2*1H3,(H,3,4);1H2;/q2*-1;;;;+2. The first kappa shape index (κ1) is 25.3. The quantitative estimate of drug-likeness (QED) is 0.395. The van der Waals surface area contributed by atoms with Crippen LogP contribution in [0.4, 0.5) is 0 Å². The molecule has 0 fully saturated rings. The topological polar surface area (TPSA) is 74.6 Å². The fraction of sp³-hybridized carbons (Fsp3) is 0.130. The van der Waals surface area contributed by atoms with E-state index in [9.17, 15) is 0 Å².